The quantitative estimate of drug-likeness (QED) is 0.637. The molecule has 0 saturated heterocycles. The van der Waals surface area contributed by atoms with Crippen LogP contribution in [0.2, 0.25) is 5.02 Å². The Labute approximate surface area is 82.8 Å². The molecule has 2 aromatic rings. The van der Waals surface area contributed by atoms with Crippen molar-refractivity contribution in [1.29, 1.82) is 0 Å². The van der Waals surface area contributed by atoms with E-state index in [-0.39, 0.29) is 0 Å². The maximum absolute atomic E-state index is 5.88. The first-order chi connectivity index (χ1) is 6.36. The molecule has 0 heterocycles. The van der Waals surface area contributed by atoms with Crippen LogP contribution in [0.4, 0.5) is 0 Å². The number of benzene rings is 2. The van der Waals surface area contributed by atoms with E-state index in [4.69, 9.17) is 11.6 Å². The van der Waals surface area contributed by atoms with Crippen LogP contribution >= 0.6 is 11.6 Å². The second-order valence-corrected chi connectivity index (χ2v) is 3.24. The van der Waals surface area contributed by atoms with Gasteiger partial charge in [0.05, 0.1) is 0 Å². The summed E-state index contributed by atoms with van der Waals surface area (Å²) in [5, 5.41) is 0.765. The first-order valence-corrected chi connectivity index (χ1v) is 4.46. The first kappa shape index (κ1) is 8.33. The van der Waals surface area contributed by atoms with Crippen LogP contribution in [-0.2, 0) is 0 Å². The Morgan fingerprint density at radius 2 is 1.85 bits per heavy atom. The lowest BCUT2D eigenvalue weighted by atomic mass is 10.1. The molecular formula is C12H8Cl. The minimum Gasteiger partial charge on any atom is -0.0843 e. The van der Waals surface area contributed by atoms with Crippen LogP contribution in [0.3, 0.4) is 0 Å². The Hall–Kier alpha value is -1.27. The van der Waals surface area contributed by atoms with E-state index in [0.717, 1.165) is 16.1 Å². The summed E-state index contributed by atoms with van der Waals surface area (Å²) >= 11 is 5.88. The Kier molecular flexibility index (Phi) is 2.33. The van der Waals surface area contributed by atoms with Crippen LogP contribution in [0.15, 0.2) is 48.5 Å². The number of rotatable bonds is 1. The summed E-state index contributed by atoms with van der Waals surface area (Å²) in [6, 6.07) is 18.7. The molecule has 0 aliphatic carbocycles. The number of halogens is 1. The minimum atomic E-state index is 0.765. The summed E-state index contributed by atoms with van der Waals surface area (Å²) in [6.07, 6.45) is 0. The summed E-state index contributed by atoms with van der Waals surface area (Å²) in [5.41, 5.74) is 2.27. The molecule has 0 aliphatic rings. The topological polar surface area (TPSA) is 0 Å². The molecule has 63 valence electrons. The van der Waals surface area contributed by atoms with E-state index in [1.165, 1.54) is 0 Å². The van der Waals surface area contributed by atoms with Gasteiger partial charge in [-0.3, -0.25) is 0 Å². The van der Waals surface area contributed by atoms with Crippen molar-refractivity contribution in [2.24, 2.45) is 0 Å². The van der Waals surface area contributed by atoms with Crippen molar-refractivity contribution < 1.29 is 0 Å². The van der Waals surface area contributed by atoms with Gasteiger partial charge in [0.25, 0.3) is 0 Å². The third kappa shape index (κ3) is 1.90. The van der Waals surface area contributed by atoms with Crippen molar-refractivity contribution in [2.75, 3.05) is 0 Å². The highest BCUT2D eigenvalue weighted by molar-refractivity contribution is 6.30. The lowest BCUT2D eigenvalue weighted by Crippen LogP contribution is -1.75. The van der Waals surface area contributed by atoms with Crippen LogP contribution in [0.25, 0.3) is 11.1 Å². The van der Waals surface area contributed by atoms with Crippen molar-refractivity contribution in [3.05, 3.63) is 59.6 Å². The monoisotopic (exact) mass is 187 g/mol. The summed E-state index contributed by atoms with van der Waals surface area (Å²) in [7, 11) is 0. The van der Waals surface area contributed by atoms with Gasteiger partial charge in [-0.15, -0.1) is 0 Å². The maximum Gasteiger partial charge on any atom is 0.0412 e. The Balaban J connectivity index is 2.48. The third-order valence-electron chi connectivity index (χ3n) is 1.87. The summed E-state index contributed by atoms with van der Waals surface area (Å²) in [5.74, 6) is 0. The smallest absolute Gasteiger partial charge is 0.0412 e. The molecule has 0 unspecified atom stereocenters. The lowest BCUT2D eigenvalue weighted by Gasteiger charge is -2.00. The van der Waals surface area contributed by atoms with Gasteiger partial charge in [0.15, 0.2) is 0 Å². The highest BCUT2D eigenvalue weighted by atomic mass is 35.5. The number of hydrogen-bond donors (Lipinski definition) is 0. The molecule has 0 N–H and O–H groups in total. The maximum atomic E-state index is 5.88. The molecule has 0 aliphatic heterocycles. The first-order valence-electron chi connectivity index (χ1n) is 4.08. The highest BCUT2D eigenvalue weighted by Crippen LogP contribution is 2.21. The van der Waals surface area contributed by atoms with Gasteiger partial charge in [-0.2, -0.15) is 0 Å². The minimum absolute atomic E-state index is 0.765. The van der Waals surface area contributed by atoms with Crippen molar-refractivity contribution in [1.82, 2.24) is 0 Å². The predicted octanol–water partition coefficient (Wildman–Crippen LogP) is 3.81. The molecule has 0 amide bonds. The Bertz CT molecular complexity index is 393. The van der Waals surface area contributed by atoms with Crippen LogP contribution in [0, 0.1) is 6.07 Å². The zero-order valence-electron chi connectivity index (χ0n) is 7.00. The van der Waals surface area contributed by atoms with E-state index in [1.54, 1.807) is 0 Å². The van der Waals surface area contributed by atoms with E-state index >= 15 is 0 Å². The molecule has 1 heteroatoms. The van der Waals surface area contributed by atoms with Gasteiger partial charge in [-0.1, -0.05) is 41.9 Å². The third-order valence-corrected chi connectivity index (χ3v) is 2.10. The van der Waals surface area contributed by atoms with E-state index < -0.39 is 0 Å². The van der Waals surface area contributed by atoms with Gasteiger partial charge < -0.3 is 0 Å². The second kappa shape index (κ2) is 3.63. The van der Waals surface area contributed by atoms with Gasteiger partial charge in [-0.05, 0) is 35.4 Å². The van der Waals surface area contributed by atoms with Crippen molar-refractivity contribution in [2.45, 2.75) is 0 Å². The van der Waals surface area contributed by atoms with Gasteiger partial charge >= 0.3 is 0 Å². The highest BCUT2D eigenvalue weighted by Gasteiger charge is 1.95. The van der Waals surface area contributed by atoms with Gasteiger partial charge in [0.1, 0.15) is 0 Å². The number of hydrogen-bond acceptors (Lipinski definition) is 0. The molecule has 0 fully saturated rings. The van der Waals surface area contributed by atoms with Crippen LogP contribution in [-0.4, -0.2) is 0 Å². The molecule has 0 aromatic heterocycles. The van der Waals surface area contributed by atoms with Gasteiger partial charge in [0.2, 0.25) is 0 Å². The van der Waals surface area contributed by atoms with Gasteiger partial charge in [0, 0.05) is 5.02 Å². The van der Waals surface area contributed by atoms with Gasteiger partial charge in [-0.25, -0.2) is 0 Å². The molecule has 0 nitrogen and oxygen atoms in total. The standard InChI is InChI=1S/C12H8Cl/c13-12-8-4-7-11(9-12)10-5-2-1-3-6-10/h1-2,4-9H. The average Bonchev–Trinajstić information content (AvgIpc) is 2.19. The molecule has 0 atom stereocenters. The van der Waals surface area contributed by atoms with E-state index in [0.29, 0.717) is 0 Å². The molecule has 0 bridgehead atoms. The fraction of sp³-hybridized carbons (Fsp3) is 0. The van der Waals surface area contributed by atoms with E-state index in [2.05, 4.69) is 6.07 Å². The Morgan fingerprint density at radius 3 is 2.54 bits per heavy atom. The molecule has 2 rings (SSSR count). The van der Waals surface area contributed by atoms with E-state index in [1.807, 2.05) is 48.5 Å². The van der Waals surface area contributed by atoms with Crippen molar-refractivity contribution >= 4 is 11.6 Å². The van der Waals surface area contributed by atoms with E-state index in [9.17, 15) is 0 Å². The largest absolute Gasteiger partial charge is 0.0843 e. The summed E-state index contributed by atoms with van der Waals surface area (Å²) < 4.78 is 0. The van der Waals surface area contributed by atoms with Crippen LogP contribution < -0.4 is 0 Å². The van der Waals surface area contributed by atoms with Crippen LogP contribution in [0.1, 0.15) is 0 Å². The zero-order chi connectivity index (χ0) is 9.10. The van der Waals surface area contributed by atoms with Crippen LogP contribution in [0.5, 0.6) is 0 Å². The van der Waals surface area contributed by atoms with Crippen molar-refractivity contribution in [3.63, 3.8) is 0 Å². The molecule has 0 spiro atoms. The fourth-order valence-corrected chi connectivity index (χ4v) is 1.43. The average molecular weight is 188 g/mol. The molecule has 1 radical (unpaired) electrons. The molecule has 0 saturated carbocycles. The zero-order valence-corrected chi connectivity index (χ0v) is 7.75. The second-order valence-electron chi connectivity index (χ2n) is 2.80. The predicted molar refractivity (Wildman–Crippen MR) is 55.7 cm³/mol. The lowest BCUT2D eigenvalue weighted by molar-refractivity contribution is 1.61. The SMILES string of the molecule is Clc1cccc(-c2c[c]ccc2)c1. The molecular weight excluding hydrogens is 180 g/mol. The summed E-state index contributed by atoms with van der Waals surface area (Å²) in [4.78, 5) is 0. The Morgan fingerprint density at radius 1 is 1.00 bits per heavy atom. The fourth-order valence-electron chi connectivity index (χ4n) is 1.24. The molecule has 13 heavy (non-hydrogen) atoms. The van der Waals surface area contributed by atoms with Crippen molar-refractivity contribution in [3.8, 4) is 11.1 Å². The molecule has 2 aromatic carbocycles. The summed E-state index contributed by atoms with van der Waals surface area (Å²) in [6.45, 7) is 0. The normalized spacial score (nSPS) is 9.92.